The largest absolute Gasteiger partial charge is 0.416 e. The van der Waals surface area contributed by atoms with E-state index in [1.807, 2.05) is 19.1 Å². The molecule has 2 atom stereocenters. The Morgan fingerprint density at radius 2 is 1.90 bits per heavy atom. The van der Waals surface area contributed by atoms with Crippen LogP contribution >= 0.6 is 0 Å². The lowest BCUT2D eigenvalue weighted by Gasteiger charge is -2.32. The van der Waals surface area contributed by atoms with Gasteiger partial charge in [-0.15, -0.1) is 0 Å². The van der Waals surface area contributed by atoms with Crippen LogP contribution in [-0.4, -0.2) is 41.5 Å². The van der Waals surface area contributed by atoms with Crippen molar-refractivity contribution in [2.45, 2.75) is 32.0 Å². The van der Waals surface area contributed by atoms with Crippen molar-refractivity contribution in [3.8, 4) is 0 Å². The lowest BCUT2D eigenvalue weighted by molar-refractivity contribution is -0.137. The zero-order valence-electron chi connectivity index (χ0n) is 17.2. The number of likely N-dealkylation sites (tertiary alicyclic amines) is 1. The number of benzene rings is 2. The fourth-order valence-corrected chi connectivity index (χ4v) is 3.64. The van der Waals surface area contributed by atoms with Crippen LogP contribution in [0.15, 0.2) is 48.5 Å². The molecule has 8 heteroatoms. The highest BCUT2D eigenvalue weighted by Crippen LogP contribution is 2.30. The third kappa shape index (κ3) is 5.85. The summed E-state index contributed by atoms with van der Waals surface area (Å²) in [7, 11) is 0. The molecule has 0 saturated carbocycles. The number of aryl methyl sites for hydroxylation is 1. The highest BCUT2D eigenvalue weighted by Gasteiger charge is 2.31. The Morgan fingerprint density at radius 3 is 2.58 bits per heavy atom. The summed E-state index contributed by atoms with van der Waals surface area (Å²) in [6, 6.07) is 11.6. The number of rotatable bonds is 5. The van der Waals surface area contributed by atoms with Crippen LogP contribution in [0.5, 0.6) is 0 Å². The van der Waals surface area contributed by atoms with Gasteiger partial charge in [0.2, 0.25) is 5.91 Å². The second kappa shape index (κ2) is 9.51. The average Bonchev–Trinajstić information content (AvgIpc) is 2.77. The molecule has 0 spiro atoms. The van der Waals surface area contributed by atoms with E-state index >= 15 is 0 Å². The average molecular weight is 434 g/mol. The number of carbonyl (C=O) groups is 2. The number of nitrogens with one attached hydrogen (secondary N) is 1. The first-order chi connectivity index (χ1) is 14.6. The molecule has 2 unspecified atom stereocenters. The molecular weight excluding hydrogens is 409 g/mol. The van der Waals surface area contributed by atoms with Crippen LogP contribution < -0.4 is 5.32 Å². The molecule has 0 bridgehead atoms. The first-order valence-corrected chi connectivity index (χ1v) is 10.1. The van der Waals surface area contributed by atoms with Crippen LogP contribution in [-0.2, 0) is 11.0 Å². The molecule has 1 saturated heterocycles. The van der Waals surface area contributed by atoms with Crippen molar-refractivity contribution in [1.82, 2.24) is 10.2 Å². The molecule has 0 radical (unpaired) electrons. The molecule has 3 rings (SSSR count). The van der Waals surface area contributed by atoms with Crippen molar-refractivity contribution in [3.63, 3.8) is 0 Å². The number of alkyl halides is 3. The number of halogens is 3. The lowest BCUT2D eigenvalue weighted by atomic mass is 9.96. The maximum Gasteiger partial charge on any atom is 0.416 e. The van der Waals surface area contributed by atoms with Gasteiger partial charge in [-0.25, -0.2) is 0 Å². The molecule has 0 aliphatic carbocycles. The fraction of sp³-hybridized carbons (Fsp3) is 0.391. The summed E-state index contributed by atoms with van der Waals surface area (Å²) in [5, 5.41) is 12.8. The van der Waals surface area contributed by atoms with Gasteiger partial charge >= 0.3 is 6.18 Å². The van der Waals surface area contributed by atoms with E-state index < -0.39 is 23.8 Å². The lowest BCUT2D eigenvalue weighted by Crippen LogP contribution is -2.46. The molecule has 2 aromatic rings. The predicted molar refractivity (Wildman–Crippen MR) is 109 cm³/mol. The van der Waals surface area contributed by atoms with E-state index in [1.165, 1.54) is 12.1 Å². The molecule has 5 nitrogen and oxygen atoms in total. The second-order valence-corrected chi connectivity index (χ2v) is 7.84. The van der Waals surface area contributed by atoms with Gasteiger partial charge in [-0.1, -0.05) is 29.8 Å². The molecule has 1 aliphatic rings. The van der Waals surface area contributed by atoms with Gasteiger partial charge in [0, 0.05) is 25.2 Å². The Kier molecular flexibility index (Phi) is 7.00. The standard InChI is InChI=1S/C23H25F3N2O3/c1-15-7-9-16(10-8-15)22(31)28-11-3-5-18(14-28)21(30)27-13-20(29)17-4-2-6-19(12-17)23(24,25)26/h2,4,6-10,12,18,20,29H,3,5,11,13-14H2,1H3,(H,27,30). The number of piperidine rings is 1. The number of aliphatic hydroxyl groups is 1. The highest BCUT2D eigenvalue weighted by molar-refractivity contribution is 5.94. The molecule has 0 aromatic heterocycles. The van der Waals surface area contributed by atoms with Crippen LogP contribution in [0.2, 0.25) is 0 Å². The van der Waals surface area contributed by atoms with Crippen LogP contribution in [0.4, 0.5) is 13.2 Å². The molecular formula is C23H25F3N2O3. The quantitative estimate of drug-likeness (QED) is 0.754. The molecule has 2 aromatic carbocycles. The van der Waals surface area contributed by atoms with Gasteiger partial charge in [0.1, 0.15) is 0 Å². The molecule has 1 fully saturated rings. The van der Waals surface area contributed by atoms with Crippen molar-refractivity contribution in [1.29, 1.82) is 0 Å². The normalized spacial score (nSPS) is 17.8. The summed E-state index contributed by atoms with van der Waals surface area (Å²) >= 11 is 0. The van der Waals surface area contributed by atoms with E-state index in [2.05, 4.69) is 5.32 Å². The molecule has 2 amide bonds. The van der Waals surface area contributed by atoms with Crippen molar-refractivity contribution < 1.29 is 27.9 Å². The topological polar surface area (TPSA) is 69.6 Å². The predicted octanol–water partition coefficient (Wildman–Crippen LogP) is 3.72. The van der Waals surface area contributed by atoms with E-state index in [0.717, 1.165) is 17.7 Å². The minimum atomic E-state index is -4.51. The summed E-state index contributed by atoms with van der Waals surface area (Å²) < 4.78 is 38.5. The summed E-state index contributed by atoms with van der Waals surface area (Å²) in [6.07, 6.45) is -4.50. The van der Waals surface area contributed by atoms with Gasteiger partial charge in [0.25, 0.3) is 5.91 Å². The number of hydrogen-bond acceptors (Lipinski definition) is 3. The SMILES string of the molecule is Cc1ccc(C(=O)N2CCCC(C(=O)NCC(O)c3cccc(C(F)(F)F)c3)C2)cc1. The maximum absolute atomic E-state index is 12.8. The minimum Gasteiger partial charge on any atom is -0.387 e. The van der Waals surface area contributed by atoms with Gasteiger partial charge in [-0.05, 0) is 49.6 Å². The van der Waals surface area contributed by atoms with Crippen LogP contribution in [0.25, 0.3) is 0 Å². The Labute approximate surface area is 178 Å². The van der Waals surface area contributed by atoms with Crippen molar-refractivity contribution in [2.75, 3.05) is 19.6 Å². The number of aliphatic hydroxyl groups excluding tert-OH is 1. The van der Waals surface area contributed by atoms with Crippen LogP contribution in [0, 0.1) is 12.8 Å². The Balaban J connectivity index is 1.56. The molecule has 1 aliphatic heterocycles. The summed E-state index contributed by atoms with van der Waals surface area (Å²) in [5.41, 5.74) is 0.835. The first kappa shape index (κ1) is 22.8. The molecule has 1 heterocycles. The van der Waals surface area contributed by atoms with Crippen LogP contribution in [0.1, 0.15) is 46.0 Å². The fourth-order valence-electron chi connectivity index (χ4n) is 3.64. The second-order valence-electron chi connectivity index (χ2n) is 7.84. The van der Waals surface area contributed by atoms with E-state index in [1.54, 1.807) is 17.0 Å². The third-order valence-electron chi connectivity index (χ3n) is 5.45. The van der Waals surface area contributed by atoms with Crippen LogP contribution in [0.3, 0.4) is 0 Å². The van der Waals surface area contributed by atoms with E-state index in [0.29, 0.717) is 24.9 Å². The summed E-state index contributed by atoms with van der Waals surface area (Å²) in [6.45, 7) is 2.55. The number of nitrogens with zero attached hydrogens (tertiary/aromatic N) is 1. The smallest absolute Gasteiger partial charge is 0.387 e. The van der Waals surface area contributed by atoms with Crippen molar-refractivity contribution in [2.24, 2.45) is 5.92 Å². The van der Waals surface area contributed by atoms with Gasteiger partial charge < -0.3 is 15.3 Å². The van der Waals surface area contributed by atoms with Gasteiger partial charge in [0.15, 0.2) is 0 Å². The summed E-state index contributed by atoms with van der Waals surface area (Å²) in [4.78, 5) is 26.9. The number of carbonyl (C=O) groups excluding carboxylic acids is 2. The number of amides is 2. The summed E-state index contributed by atoms with van der Waals surface area (Å²) in [5.74, 6) is -0.897. The first-order valence-electron chi connectivity index (χ1n) is 10.1. The zero-order chi connectivity index (χ0) is 22.6. The van der Waals surface area contributed by atoms with Gasteiger partial charge in [-0.2, -0.15) is 13.2 Å². The van der Waals surface area contributed by atoms with E-state index in [-0.39, 0.29) is 30.5 Å². The van der Waals surface area contributed by atoms with Gasteiger partial charge in [-0.3, -0.25) is 9.59 Å². The highest BCUT2D eigenvalue weighted by atomic mass is 19.4. The Bertz CT molecular complexity index is 928. The monoisotopic (exact) mass is 434 g/mol. The molecule has 2 N–H and O–H groups in total. The van der Waals surface area contributed by atoms with E-state index in [4.69, 9.17) is 0 Å². The number of hydrogen-bond donors (Lipinski definition) is 2. The van der Waals surface area contributed by atoms with Gasteiger partial charge in [0.05, 0.1) is 17.6 Å². The van der Waals surface area contributed by atoms with E-state index in [9.17, 15) is 27.9 Å². The maximum atomic E-state index is 12.8. The Morgan fingerprint density at radius 1 is 1.19 bits per heavy atom. The Hall–Kier alpha value is -2.87. The molecule has 31 heavy (non-hydrogen) atoms. The minimum absolute atomic E-state index is 0.0787. The third-order valence-corrected chi connectivity index (χ3v) is 5.45. The van der Waals surface area contributed by atoms with Crippen molar-refractivity contribution in [3.05, 3.63) is 70.8 Å². The zero-order valence-corrected chi connectivity index (χ0v) is 17.2. The van der Waals surface area contributed by atoms with Crippen molar-refractivity contribution >= 4 is 11.8 Å². The molecule has 166 valence electrons.